The van der Waals surface area contributed by atoms with Gasteiger partial charge in [0.25, 0.3) is 5.91 Å². The summed E-state index contributed by atoms with van der Waals surface area (Å²) in [5.41, 5.74) is 2.17. The summed E-state index contributed by atoms with van der Waals surface area (Å²) in [4.78, 5) is 32.9. The third kappa shape index (κ3) is 5.98. The largest absolute Gasteiger partial charge is 0.480 e. The molecular weight excluding hydrogens is 550 g/mol. The molecule has 0 aliphatic heterocycles. The highest BCUT2D eigenvalue weighted by molar-refractivity contribution is 6.34. The lowest BCUT2D eigenvalue weighted by atomic mass is 9.95. The number of fused-ring (bicyclic) bond motifs is 1. The summed E-state index contributed by atoms with van der Waals surface area (Å²) in [6.07, 6.45) is 3.52. The van der Waals surface area contributed by atoms with Crippen molar-refractivity contribution in [3.63, 3.8) is 0 Å². The topological polar surface area (TPSA) is 95.7 Å². The lowest BCUT2D eigenvalue weighted by molar-refractivity contribution is -0.139. The number of hydrogen-bond donors (Lipinski definition) is 3. The molecular formula is C31H25ClF2N4O3. The zero-order chi connectivity index (χ0) is 29.3. The molecule has 1 aromatic heterocycles. The molecule has 3 aromatic carbocycles. The zero-order valence-electron chi connectivity index (χ0n) is 21.9. The SMILES string of the molecule is [C-]#[N+]c1ccc(-c2ccc(C[C@H](NC(=O)c3c(F)cc(N[C@H](C)C4CC4)cc3F)C(=O)O)c3cccnc23)c(Cl)c1. The van der Waals surface area contributed by atoms with Gasteiger partial charge in [0.15, 0.2) is 5.69 Å². The second-order valence-electron chi connectivity index (χ2n) is 10.1. The fourth-order valence-corrected chi connectivity index (χ4v) is 5.20. The van der Waals surface area contributed by atoms with Crippen molar-refractivity contribution in [1.82, 2.24) is 10.3 Å². The molecule has 41 heavy (non-hydrogen) atoms. The third-order valence-electron chi connectivity index (χ3n) is 7.25. The summed E-state index contributed by atoms with van der Waals surface area (Å²) in [6.45, 7) is 9.11. The Kier molecular flexibility index (Phi) is 7.86. The van der Waals surface area contributed by atoms with Crippen molar-refractivity contribution in [2.24, 2.45) is 5.92 Å². The predicted molar refractivity (Wildman–Crippen MR) is 153 cm³/mol. The van der Waals surface area contributed by atoms with E-state index in [1.54, 1.807) is 48.7 Å². The Morgan fingerprint density at radius 2 is 1.83 bits per heavy atom. The fraction of sp³-hybridized carbons (Fsp3) is 0.226. The Bertz CT molecular complexity index is 1690. The molecule has 5 rings (SSSR count). The zero-order valence-corrected chi connectivity index (χ0v) is 22.7. The first-order valence-corrected chi connectivity index (χ1v) is 13.4. The van der Waals surface area contributed by atoms with Crippen molar-refractivity contribution < 1.29 is 23.5 Å². The lowest BCUT2D eigenvalue weighted by Crippen LogP contribution is -2.43. The number of aliphatic carboxylic acids is 1. The van der Waals surface area contributed by atoms with Gasteiger partial charge in [-0.3, -0.25) is 9.78 Å². The van der Waals surface area contributed by atoms with E-state index < -0.39 is 35.1 Å². The minimum Gasteiger partial charge on any atom is -0.480 e. The number of halogens is 3. The second kappa shape index (κ2) is 11.5. The molecule has 2 atom stereocenters. The van der Waals surface area contributed by atoms with Crippen LogP contribution >= 0.6 is 11.6 Å². The summed E-state index contributed by atoms with van der Waals surface area (Å²) in [6, 6.07) is 12.4. The number of carbonyl (C=O) groups excluding carboxylic acids is 1. The van der Waals surface area contributed by atoms with E-state index in [0.29, 0.717) is 44.2 Å². The minimum atomic E-state index is -1.48. The van der Waals surface area contributed by atoms with Gasteiger partial charge in [0.1, 0.15) is 23.2 Å². The molecule has 1 saturated carbocycles. The highest BCUT2D eigenvalue weighted by Crippen LogP contribution is 2.37. The van der Waals surface area contributed by atoms with E-state index in [1.807, 2.05) is 6.92 Å². The molecule has 1 fully saturated rings. The van der Waals surface area contributed by atoms with Crippen LogP contribution in [0.2, 0.25) is 5.02 Å². The van der Waals surface area contributed by atoms with E-state index in [1.165, 1.54) is 0 Å². The van der Waals surface area contributed by atoms with Gasteiger partial charge in [0, 0.05) is 40.3 Å². The molecule has 7 nitrogen and oxygen atoms in total. The van der Waals surface area contributed by atoms with Crippen LogP contribution in [-0.4, -0.2) is 34.1 Å². The monoisotopic (exact) mass is 574 g/mol. The summed E-state index contributed by atoms with van der Waals surface area (Å²) in [5.74, 6) is -4.26. The van der Waals surface area contributed by atoms with E-state index in [0.717, 1.165) is 25.0 Å². The van der Waals surface area contributed by atoms with Crippen LogP contribution in [-0.2, 0) is 11.2 Å². The second-order valence-corrected chi connectivity index (χ2v) is 10.5. The Hall–Kier alpha value is -4.55. The maximum Gasteiger partial charge on any atom is 0.326 e. The van der Waals surface area contributed by atoms with Crippen LogP contribution in [0.1, 0.15) is 35.7 Å². The Labute approximate surface area is 240 Å². The van der Waals surface area contributed by atoms with Crippen molar-refractivity contribution in [3.8, 4) is 11.1 Å². The number of pyridine rings is 1. The standard InChI is InChI=1S/C31H25ClF2N4O3/c1-16(17-5-6-17)37-20-14-25(33)28(26(34)15-20)30(39)38-27(31(40)41)12-18-7-9-23(29-21(18)4-3-11-36-29)22-10-8-19(35-2)13-24(22)32/h3-4,7-11,13-17,27,37H,5-6,12H2,1H3,(H,38,39)(H,40,41)/t16-,27+/m1/s1. The molecule has 1 aliphatic carbocycles. The third-order valence-corrected chi connectivity index (χ3v) is 7.56. The quantitative estimate of drug-likeness (QED) is 0.187. The summed E-state index contributed by atoms with van der Waals surface area (Å²) >= 11 is 6.44. The average molecular weight is 575 g/mol. The molecule has 0 spiro atoms. The van der Waals surface area contributed by atoms with E-state index in [4.69, 9.17) is 18.2 Å². The summed E-state index contributed by atoms with van der Waals surface area (Å²) in [7, 11) is 0. The van der Waals surface area contributed by atoms with Crippen LogP contribution in [0.4, 0.5) is 20.2 Å². The van der Waals surface area contributed by atoms with Crippen molar-refractivity contribution in [1.29, 1.82) is 0 Å². The van der Waals surface area contributed by atoms with Crippen LogP contribution in [0.25, 0.3) is 26.9 Å². The van der Waals surface area contributed by atoms with Gasteiger partial charge >= 0.3 is 5.97 Å². The average Bonchev–Trinajstić information content (AvgIpc) is 3.78. The molecule has 10 heteroatoms. The van der Waals surface area contributed by atoms with Crippen molar-refractivity contribution >= 4 is 45.8 Å². The highest BCUT2D eigenvalue weighted by Gasteiger charge is 2.29. The van der Waals surface area contributed by atoms with Crippen LogP contribution in [0, 0.1) is 24.1 Å². The van der Waals surface area contributed by atoms with Crippen LogP contribution in [0.3, 0.4) is 0 Å². The number of anilines is 1. The van der Waals surface area contributed by atoms with E-state index in [2.05, 4.69) is 20.5 Å². The fourth-order valence-electron chi connectivity index (χ4n) is 4.92. The maximum atomic E-state index is 14.9. The Balaban J connectivity index is 1.41. The molecule has 1 heterocycles. The summed E-state index contributed by atoms with van der Waals surface area (Å²) in [5, 5.41) is 16.2. The van der Waals surface area contributed by atoms with Gasteiger partial charge in [0.05, 0.1) is 12.1 Å². The van der Waals surface area contributed by atoms with Gasteiger partial charge in [-0.05, 0) is 61.1 Å². The van der Waals surface area contributed by atoms with Gasteiger partial charge in [0.2, 0.25) is 0 Å². The van der Waals surface area contributed by atoms with Crippen LogP contribution in [0.5, 0.6) is 0 Å². The van der Waals surface area contributed by atoms with Crippen LogP contribution in [0.15, 0.2) is 60.8 Å². The van der Waals surface area contributed by atoms with Gasteiger partial charge in [-0.1, -0.05) is 41.9 Å². The first-order chi connectivity index (χ1) is 19.7. The number of rotatable bonds is 9. The number of nitrogens with zero attached hydrogens (tertiary/aromatic N) is 2. The molecule has 3 N–H and O–H groups in total. The molecule has 0 radical (unpaired) electrons. The number of amides is 1. The molecule has 4 aromatic rings. The number of carboxylic acids is 1. The first kappa shape index (κ1) is 28.0. The smallest absolute Gasteiger partial charge is 0.326 e. The van der Waals surface area contributed by atoms with E-state index in [9.17, 15) is 23.5 Å². The van der Waals surface area contributed by atoms with Crippen molar-refractivity contribution in [2.45, 2.75) is 38.3 Å². The van der Waals surface area contributed by atoms with E-state index >= 15 is 0 Å². The molecule has 0 bridgehead atoms. The Morgan fingerprint density at radius 3 is 2.46 bits per heavy atom. The maximum absolute atomic E-state index is 14.9. The molecule has 1 aliphatic rings. The molecule has 0 unspecified atom stereocenters. The van der Waals surface area contributed by atoms with Gasteiger partial charge in [-0.25, -0.2) is 18.4 Å². The predicted octanol–water partition coefficient (Wildman–Crippen LogP) is 7.02. The van der Waals surface area contributed by atoms with Gasteiger partial charge in [-0.2, -0.15) is 0 Å². The number of nitrogens with one attached hydrogen (secondary N) is 2. The van der Waals surface area contributed by atoms with E-state index in [-0.39, 0.29) is 18.2 Å². The Morgan fingerprint density at radius 1 is 1.12 bits per heavy atom. The summed E-state index contributed by atoms with van der Waals surface area (Å²) < 4.78 is 29.8. The normalized spacial score (nSPS) is 14.2. The molecule has 1 amide bonds. The minimum absolute atomic E-state index is 0.0368. The number of aromatic nitrogens is 1. The van der Waals surface area contributed by atoms with Crippen molar-refractivity contribution in [2.75, 3.05) is 5.32 Å². The number of carbonyl (C=O) groups is 2. The van der Waals surface area contributed by atoms with Gasteiger partial charge < -0.3 is 15.7 Å². The number of carboxylic acid groups (broad SMARTS) is 1. The lowest BCUT2D eigenvalue weighted by Gasteiger charge is -2.18. The van der Waals surface area contributed by atoms with Crippen LogP contribution < -0.4 is 10.6 Å². The van der Waals surface area contributed by atoms with Crippen molar-refractivity contribution in [3.05, 3.63) is 100.0 Å². The highest BCUT2D eigenvalue weighted by atomic mass is 35.5. The van der Waals surface area contributed by atoms with Gasteiger partial charge in [-0.15, -0.1) is 0 Å². The molecule has 0 saturated heterocycles. The first-order valence-electron chi connectivity index (χ1n) is 13.0. The molecule has 208 valence electrons. The number of benzene rings is 3. The number of hydrogen-bond acceptors (Lipinski definition) is 4.